The Morgan fingerprint density at radius 3 is 2.54 bits per heavy atom. The van der Waals surface area contributed by atoms with Crippen molar-refractivity contribution < 1.29 is 31.6 Å². The number of nitro benzene ring substituents is 1. The van der Waals surface area contributed by atoms with Gasteiger partial charge in [-0.3, -0.25) is 10.1 Å². The van der Waals surface area contributed by atoms with Crippen molar-refractivity contribution in [2.75, 3.05) is 0 Å². The van der Waals surface area contributed by atoms with E-state index in [0.717, 1.165) is 0 Å². The summed E-state index contributed by atoms with van der Waals surface area (Å²) in [6.07, 6.45) is -6.53. The highest BCUT2D eigenvalue weighted by Gasteiger charge is 2.61. The second-order valence-electron chi connectivity index (χ2n) is 5.58. The lowest BCUT2D eigenvalue weighted by atomic mass is 10.1. The molecule has 1 N–H and O–H groups in total. The maximum atomic E-state index is 13.7. The zero-order chi connectivity index (χ0) is 21.3. The molecule has 1 atom stereocenters. The van der Waals surface area contributed by atoms with Crippen LogP contribution in [0.1, 0.15) is 31.7 Å². The van der Waals surface area contributed by atoms with E-state index in [1.807, 2.05) is 0 Å². The fourth-order valence-corrected chi connectivity index (χ4v) is 2.24. The molecule has 12 heteroatoms. The average Bonchev–Trinajstić information content (AvgIpc) is 3.04. The summed E-state index contributed by atoms with van der Waals surface area (Å²) in [5.41, 5.74) is -2.74. The Balaban J connectivity index is 2.77. The van der Waals surface area contributed by atoms with Gasteiger partial charge in [0.2, 0.25) is 0 Å². The smallest absolute Gasteiger partial charge is 0.461 e. The Morgan fingerprint density at radius 1 is 1.39 bits per heavy atom. The predicted octanol–water partition coefficient (Wildman–Crippen LogP) is 4.18. The van der Waals surface area contributed by atoms with Gasteiger partial charge in [0.25, 0.3) is 5.69 Å². The van der Waals surface area contributed by atoms with Crippen molar-refractivity contribution in [2.45, 2.75) is 38.5 Å². The molecular formula is C16H11F5N4O3. The second-order valence-corrected chi connectivity index (χ2v) is 5.58. The van der Waals surface area contributed by atoms with Gasteiger partial charge >= 0.3 is 12.1 Å². The van der Waals surface area contributed by atoms with Crippen LogP contribution in [0.2, 0.25) is 0 Å². The van der Waals surface area contributed by atoms with Crippen LogP contribution in [-0.4, -0.2) is 27.2 Å². The summed E-state index contributed by atoms with van der Waals surface area (Å²) in [7, 11) is 0. The first-order chi connectivity index (χ1) is 12.9. The SMILES string of the molecule is CC#CCC(C)Oc1c(C#N)cc([N+](=O)[O-])c2nc(C(F)(F)C(F)(F)F)[nH]c12. The molecule has 1 unspecified atom stereocenters. The van der Waals surface area contributed by atoms with Crippen molar-refractivity contribution in [2.24, 2.45) is 0 Å². The molecule has 1 aromatic carbocycles. The fraction of sp³-hybridized carbons (Fsp3) is 0.375. The van der Waals surface area contributed by atoms with E-state index in [2.05, 4.69) is 16.8 Å². The van der Waals surface area contributed by atoms with E-state index < -0.39 is 57.0 Å². The number of aromatic nitrogens is 2. The Bertz CT molecular complexity index is 1030. The molecule has 28 heavy (non-hydrogen) atoms. The number of nitrogens with one attached hydrogen (secondary N) is 1. The minimum Gasteiger partial charge on any atom is -0.486 e. The summed E-state index contributed by atoms with van der Waals surface area (Å²) in [6, 6.07) is 2.30. The van der Waals surface area contributed by atoms with Crippen LogP contribution in [0.3, 0.4) is 0 Å². The number of benzene rings is 1. The molecule has 0 spiro atoms. The number of aromatic amines is 1. The van der Waals surface area contributed by atoms with Crippen LogP contribution in [-0.2, 0) is 5.92 Å². The third kappa shape index (κ3) is 3.67. The van der Waals surface area contributed by atoms with Crippen molar-refractivity contribution in [1.82, 2.24) is 9.97 Å². The highest BCUT2D eigenvalue weighted by molar-refractivity contribution is 5.92. The number of hydrogen-bond acceptors (Lipinski definition) is 5. The summed E-state index contributed by atoms with van der Waals surface area (Å²) in [5, 5.41) is 20.4. The van der Waals surface area contributed by atoms with Gasteiger partial charge < -0.3 is 9.72 Å². The van der Waals surface area contributed by atoms with Crippen molar-refractivity contribution in [3.63, 3.8) is 0 Å². The zero-order valence-electron chi connectivity index (χ0n) is 14.3. The van der Waals surface area contributed by atoms with Gasteiger partial charge in [-0.25, -0.2) is 4.98 Å². The van der Waals surface area contributed by atoms with Crippen LogP contribution < -0.4 is 4.74 Å². The van der Waals surface area contributed by atoms with Crippen LogP contribution in [0.4, 0.5) is 27.6 Å². The highest BCUT2D eigenvalue weighted by Crippen LogP contribution is 2.45. The second kappa shape index (κ2) is 7.31. The topological polar surface area (TPSA) is 105 Å². The number of ether oxygens (including phenoxy) is 1. The van der Waals surface area contributed by atoms with Gasteiger partial charge in [0.15, 0.2) is 17.1 Å². The van der Waals surface area contributed by atoms with Crippen molar-refractivity contribution in [3.8, 4) is 23.7 Å². The first-order valence-electron chi connectivity index (χ1n) is 7.56. The monoisotopic (exact) mass is 402 g/mol. The zero-order valence-corrected chi connectivity index (χ0v) is 14.3. The first-order valence-corrected chi connectivity index (χ1v) is 7.56. The molecule has 2 aromatic rings. The molecule has 0 fully saturated rings. The number of nitriles is 1. The quantitative estimate of drug-likeness (QED) is 0.350. The Morgan fingerprint density at radius 2 is 2.04 bits per heavy atom. The van der Waals surface area contributed by atoms with E-state index in [1.165, 1.54) is 6.92 Å². The molecule has 148 valence electrons. The lowest BCUT2D eigenvalue weighted by Crippen LogP contribution is -2.34. The van der Waals surface area contributed by atoms with Crippen LogP contribution in [0.25, 0.3) is 11.0 Å². The number of halogens is 5. The molecule has 7 nitrogen and oxygen atoms in total. The lowest BCUT2D eigenvalue weighted by molar-refractivity contribution is -0.383. The van der Waals surface area contributed by atoms with E-state index in [9.17, 15) is 37.3 Å². The maximum absolute atomic E-state index is 13.7. The molecule has 0 aliphatic carbocycles. The fourth-order valence-electron chi connectivity index (χ4n) is 2.24. The third-order valence-corrected chi connectivity index (χ3v) is 3.56. The molecule has 0 radical (unpaired) electrons. The van der Waals surface area contributed by atoms with E-state index in [-0.39, 0.29) is 6.42 Å². The number of nitrogens with zero attached hydrogens (tertiary/aromatic N) is 3. The number of rotatable bonds is 5. The van der Waals surface area contributed by atoms with Crippen LogP contribution in [0, 0.1) is 33.3 Å². The molecular weight excluding hydrogens is 391 g/mol. The average molecular weight is 402 g/mol. The lowest BCUT2D eigenvalue weighted by Gasteiger charge is -2.16. The predicted molar refractivity (Wildman–Crippen MR) is 85.6 cm³/mol. The molecule has 0 aliphatic heterocycles. The number of alkyl halides is 5. The van der Waals surface area contributed by atoms with Gasteiger partial charge in [0, 0.05) is 12.5 Å². The molecule has 0 amide bonds. The normalized spacial score (nSPS) is 12.8. The van der Waals surface area contributed by atoms with Crippen LogP contribution in [0.5, 0.6) is 5.75 Å². The minimum atomic E-state index is -5.99. The van der Waals surface area contributed by atoms with Gasteiger partial charge in [-0.15, -0.1) is 5.92 Å². The van der Waals surface area contributed by atoms with Crippen LogP contribution in [0.15, 0.2) is 6.07 Å². The maximum Gasteiger partial charge on any atom is 0.461 e. The number of hydrogen-bond donors (Lipinski definition) is 1. The number of fused-ring (bicyclic) bond motifs is 1. The largest absolute Gasteiger partial charge is 0.486 e. The number of H-pyrrole nitrogens is 1. The van der Waals surface area contributed by atoms with E-state index in [4.69, 9.17) is 4.74 Å². The third-order valence-electron chi connectivity index (χ3n) is 3.56. The van der Waals surface area contributed by atoms with E-state index >= 15 is 0 Å². The standard InChI is InChI=1S/C16H11F5N4O3/c1-3-4-5-8(2)28-13-9(7-22)6-10(25(26)27)11-12(13)24-14(23-11)15(17,18)16(19,20)21/h6,8H,5H2,1-2H3,(H,23,24). The van der Waals surface area contributed by atoms with Crippen molar-refractivity contribution in [1.29, 1.82) is 5.26 Å². The Labute approximate surface area is 154 Å². The van der Waals surface area contributed by atoms with Crippen LogP contribution >= 0.6 is 0 Å². The van der Waals surface area contributed by atoms with Gasteiger partial charge in [-0.05, 0) is 13.8 Å². The van der Waals surface area contributed by atoms with Crippen molar-refractivity contribution >= 4 is 16.7 Å². The summed E-state index contributed by atoms with van der Waals surface area (Å²) in [4.78, 5) is 15.0. The number of non-ortho nitro benzene ring substituents is 1. The number of nitro groups is 1. The molecule has 1 heterocycles. The van der Waals surface area contributed by atoms with Gasteiger partial charge in [0.1, 0.15) is 23.3 Å². The minimum absolute atomic E-state index is 0.152. The Hall–Kier alpha value is -3.41. The summed E-state index contributed by atoms with van der Waals surface area (Å²) >= 11 is 0. The molecule has 2 rings (SSSR count). The van der Waals surface area contributed by atoms with E-state index in [1.54, 1.807) is 18.0 Å². The molecule has 0 saturated carbocycles. The van der Waals surface area contributed by atoms with E-state index in [0.29, 0.717) is 6.07 Å². The molecule has 0 bridgehead atoms. The molecule has 0 aliphatic rings. The molecule has 0 saturated heterocycles. The summed E-state index contributed by atoms with van der Waals surface area (Å²) < 4.78 is 70.8. The Kier molecular flexibility index (Phi) is 5.45. The highest BCUT2D eigenvalue weighted by atomic mass is 19.4. The summed E-state index contributed by atoms with van der Waals surface area (Å²) in [5.74, 6) is -2.42. The summed E-state index contributed by atoms with van der Waals surface area (Å²) in [6.45, 7) is 3.07. The molecule has 1 aromatic heterocycles. The van der Waals surface area contributed by atoms with Gasteiger partial charge in [0.05, 0.1) is 4.92 Å². The van der Waals surface area contributed by atoms with Gasteiger partial charge in [-0.2, -0.15) is 27.2 Å². The van der Waals surface area contributed by atoms with Gasteiger partial charge in [-0.1, -0.05) is 5.92 Å². The number of imidazole rings is 1. The van der Waals surface area contributed by atoms with Crippen molar-refractivity contribution in [3.05, 3.63) is 27.6 Å². The first kappa shape index (κ1) is 20.9.